The van der Waals surface area contributed by atoms with Crippen molar-refractivity contribution in [1.29, 1.82) is 0 Å². The molecule has 0 aliphatic carbocycles. The predicted molar refractivity (Wildman–Crippen MR) is 72.1 cm³/mol. The summed E-state index contributed by atoms with van der Waals surface area (Å²) < 4.78 is -0.961. The second kappa shape index (κ2) is 6.79. The molecule has 0 aliphatic rings. The maximum Gasteiger partial charge on any atom is 0.319 e. The number of rotatable bonds is 6. The lowest BCUT2D eigenvalue weighted by Gasteiger charge is -2.15. The molecule has 1 N–H and O–H groups in total. The third kappa shape index (κ3) is 6.72. The molecule has 0 aromatic rings. The zero-order valence-corrected chi connectivity index (χ0v) is 11.5. The number of thiol groups is 1. The first-order valence-electron chi connectivity index (χ1n) is 5.50. The van der Waals surface area contributed by atoms with Crippen LogP contribution in [-0.2, 0) is 4.79 Å². The van der Waals surface area contributed by atoms with Crippen LogP contribution in [0.3, 0.4) is 0 Å². The van der Waals surface area contributed by atoms with E-state index in [4.69, 9.17) is 5.11 Å². The Morgan fingerprint density at radius 2 is 1.88 bits per heavy atom. The molecular weight excluding hydrogens is 220 g/mol. The van der Waals surface area contributed by atoms with E-state index in [0.29, 0.717) is 6.42 Å². The Morgan fingerprint density at radius 1 is 1.31 bits per heavy atom. The fourth-order valence-electron chi connectivity index (χ4n) is 1.15. The summed E-state index contributed by atoms with van der Waals surface area (Å²) in [6, 6.07) is 0. The predicted octanol–water partition coefficient (Wildman–Crippen LogP) is 3.84. The van der Waals surface area contributed by atoms with Crippen molar-refractivity contribution in [2.24, 2.45) is 0 Å². The number of allylic oxidation sites excluding steroid dienone is 4. The quantitative estimate of drug-likeness (QED) is 0.548. The third-order valence-corrected chi connectivity index (χ3v) is 2.77. The molecule has 16 heavy (non-hydrogen) atoms. The van der Waals surface area contributed by atoms with Gasteiger partial charge < -0.3 is 5.11 Å². The SMILES string of the molecule is CC(C)=CCCC(C)=CCC(C)(S)C(=O)O. The van der Waals surface area contributed by atoms with Crippen LogP contribution in [0.2, 0.25) is 0 Å². The van der Waals surface area contributed by atoms with Gasteiger partial charge in [0.15, 0.2) is 0 Å². The molecule has 1 atom stereocenters. The van der Waals surface area contributed by atoms with Crippen LogP contribution in [0.15, 0.2) is 23.3 Å². The van der Waals surface area contributed by atoms with Crippen LogP contribution in [0.25, 0.3) is 0 Å². The van der Waals surface area contributed by atoms with Gasteiger partial charge in [0.1, 0.15) is 4.75 Å². The Kier molecular flexibility index (Phi) is 6.49. The molecule has 0 saturated carbocycles. The van der Waals surface area contributed by atoms with Gasteiger partial charge in [-0.2, -0.15) is 12.6 Å². The second-order valence-electron chi connectivity index (χ2n) is 4.65. The Balaban J connectivity index is 4.15. The van der Waals surface area contributed by atoms with Crippen molar-refractivity contribution in [2.45, 2.75) is 51.7 Å². The lowest BCUT2D eigenvalue weighted by Crippen LogP contribution is -2.27. The fraction of sp³-hybridized carbons (Fsp3) is 0.615. The molecule has 0 spiro atoms. The molecule has 0 aromatic carbocycles. The highest BCUT2D eigenvalue weighted by Gasteiger charge is 2.26. The smallest absolute Gasteiger partial charge is 0.319 e. The van der Waals surface area contributed by atoms with Gasteiger partial charge in [-0.1, -0.05) is 23.3 Å². The molecule has 0 radical (unpaired) electrons. The summed E-state index contributed by atoms with van der Waals surface area (Å²) in [5.41, 5.74) is 2.54. The van der Waals surface area contributed by atoms with Crippen LogP contribution in [0.4, 0.5) is 0 Å². The summed E-state index contributed by atoms with van der Waals surface area (Å²) in [6.07, 6.45) is 6.62. The van der Waals surface area contributed by atoms with Gasteiger partial charge in [-0.05, 0) is 47.0 Å². The standard InChI is InChI=1S/C13H22O2S/c1-10(2)6-5-7-11(3)8-9-13(4,16)12(14)15/h6,8,16H,5,7,9H2,1-4H3,(H,14,15). The number of carbonyl (C=O) groups is 1. The Morgan fingerprint density at radius 3 is 2.31 bits per heavy atom. The van der Waals surface area contributed by atoms with E-state index >= 15 is 0 Å². The molecule has 1 unspecified atom stereocenters. The van der Waals surface area contributed by atoms with Gasteiger partial charge in [0.05, 0.1) is 0 Å². The van der Waals surface area contributed by atoms with Crippen LogP contribution in [0.5, 0.6) is 0 Å². The van der Waals surface area contributed by atoms with Gasteiger partial charge in [-0.15, -0.1) is 0 Å². The van der Waals surface area contributed by atoms with E-state index < -0.39 is 10.7 Å². The minimum absolute atomic E-state index is 0.464. The highest BCUT2D eigenvalue weighted by atomic mass is 32.1. The van der Waals surface area contributed by atoms with Gasteiger partial charge in [-0.25, -0.2) is 0 Å². The Labute approximate surface area is 104 Å². The molecule has 0 aliphatic heterocycles. The van der Waals surface area contributed by atoms with Crippen LogP contribution in [-0.4, -0.2) is 15.8 Å². The highest BCUT2D eigenvalue weighted by Crippen LogP contribution is 2.21. The van der Waals surface area contributed by atoms with E-state index in [9.17, 15) is 4.79 Å². The fourth-order valence-corrected chi connectivity index (χ4v) is 1.24. The number of aliphatic carboxylic acids is 1. The maximum absolute atomic E-state index is 10.8. The zero-order chi connectivity index (χ0) is 12.8. The van der Waals surface area contributed by atoms with Crippen LogP contribution < -0.4 is 0 Å². The van der Waals surface area contributed by atoms with Crippen molar-refractivity contribution < 1.29 is 9.90 Å². The van der Waals surface area contributed by atoms with E-state index in [1.54, 1.807) is 6.92 Å². The first-order chi connectivity index (χ1) is 7.25. The average Bonchev–Trinajstić information content (AvgIpc) is 2.14. The highest BCUT2D eigenvalue weighted by molar-refractivity contribution is 7.82. The van der Waals surface area contributed by atoms with Gasteiger partial charge in [-0.3, -0.25) is 4.79 Å². The van der Waals surface area contributed by atoms with Gasteiger partial charge >= 0.3 is 5.97 Å². The van der Waals surface area contributed by atoms with Crippen molar-refractivity contribution in [1.82, 2.24) is 0 Å². The number of carboxylic acids is 1. The third-order valence-electron chi connectivity index (χ3n) is 2.40. The summed E-state index contributed by atoms with van der Waals surface area (Å²) in [5, 5.41) is 8.89. The molecule has 3 heteroatoms. The van der Waals surface area contributed by atoms with Gasteiger partial charge in [0.25, 0.3) is 0 Å². The van der Waals surface area contributed by atoms with Crippen molar-refractivity contribution in [3.05, 3.63) is 23.3 Å². The zero-order valence-electron chi connectivity index (χ0n) is 10.6. The van der Waals surface area contributed by atoms with Gasteiger partial charge in [0.2, 0.25) is 0 Å². The molecule has 0 bridgehead atoms. The minimum Gasteiger partial charge on any atom is -0.480 e. The second-order valence-corrected chi connectivity index (χ2v) is 5.64. The Hall–Kier alpha value is -0.700. The maximum atomic E-state index is 10.8. The largest absolute Gasteiger partial charge is 0.480 e. The lowest BCUT2D eigenvalue weighted by molar-refractivity contribution is -0.139. The van der Waals surface area contributed by atoms with E-state index in [2.05, 4.69) is 32.6 Å². The first-order valence-corrected chi connectivity index (χ1v) is 5.95. The van der Waals surface area contributed by atoms with E-state index in [1.165, 1.54) is 11.1 Å². The number of carboxylic acid groups (broad SMARTS) is 1. The monoisotopic (exact) mass is 242 g/mol. The molecule has 0 rings (SSSR count). The number of hydrogen-bond donors (Lipinski definition) is 2. The van der Waals surface area contributed by atoms with Gasteiger partial charge in [0, 0.05) is 0 Å². The molecular formula is C13H22O2S. The molecule has 0 amide bonds. The van der Waals surface area contributed by atoms with Crippen molar-refractivity contribution >= 4 is 18.6 Å². The molecule has 0 fully saturated rings. The first kappa shape index (κ1) is 15.3. The van der Waals surface area contributed by atoms with Crippen molar-refractivity contribution in [2.75, 3.05) is 0 Å². The minimum atomic E-state index is -0.961. The lowest BCUT2D eigenvalue weighted by atomic mass is 10.0. The topological polar surface area (TPSA) is 37.3 Å². The molecule has 92 valence electrons. The Bertz CT molecular complexity index is 297. The molecule has 0 saturated heterocycles. The summed E-state index contributed by atoms with van der Waals surface area (Å²) in [5.74, 6) is -0.871. The normalized spacial score (nSPS) is 15.4. The molecule has 0 aromatic heterocycles. The summed E-state index contributed by atoms with van der Waals surface area (Å²) in [4.78, 5) is 10.8. The summed E-state index contributed by atoms with van der Waals surface area (Å²) >= 11 is 4.12. The van der Waals surface area contributed by atoms with E-state index in [0.717, 1.165) is 12.8 Å². The van der Waals surface area contributed by atoms with Crippen molar-refractivity contribution in [3.8, 4) is 0 Å². The van der Waals surface area contributed by atoms with Crippen molar-refractivity contribution in [3.63, 3.8) is 0 Å². The summed E-state index contributed by atoms with van der Waals surface area (Å²) in [6.45, 7) is 7.81. The summed E-state index contributed by atoms with van der Waals surface area (Å²) in [7, 11) is 0. The van der Waals surface area contributed by atoms with Crippen LogP contribution in [0, 0.1) is 0 Å². The van der Waals surface area contributed by atoms with E-state index in [1.807, 2.05) is 13.0 Å². The molecule has 0 heterocycles. The molecule has 2 nitrogen and oxygen atoms in total. The van der Waals surface area contributed by atoms with Crippen LogP contribution >= 0.6 is 12.6 Å². The number of hydrogen-bond acceptors (Lipinski definition) is 2. The van der Waals surface area contributed by atoms with Crippen LogP contribution in [0.1, 0.15) is 47.0 Å². The average molecular weight is 242 g/mol. The van der Waals surface area contributed by atoms with E-state index in [-0.39, 0.29) is 0 Å².